The van der Waals surface area contributed by atoms with Gasteiger partial charge in [0, 0.05) is 18.4 Å². The largest absolute Gasteiger partial charge is 0.369 e. The molecule has 0 radical (unpaired) electrons. The summed E-state index contributed by atoms with van der Waals surface area (Å²) in [6.45, 7) is 8.89. The van der Waals surface area contributed by atoms with Crippen LogP contribution in [0.1, 0.15) is 45.6 Å². The second-order valence-corrected chi connectivity index (χ2v) is 7.42. The van der Waals surface area contributed by atoms with Crippen molar-refractivity contribution in [2.75, 3.05) is 18.0 Å². The van der Waals surface area contributed by atoms with E-state index in [0.29, 0.717) is 10.7 Å². The Kier molecular flexibility index (Phi) is 5.11. The molecule has 0 N–H and O–H groups in total. The van der Waals surface area contributed by atoms with Crippen molar-refractivity contribution < 1.29 is 4.39 Å². The van der Waals surface area contributed by atoms with E-state index >= 15 is 0 Å². The van der Waals surface area contributed by atoms with Crippen molar-refractivity contribution >= 4 is 21.6 Å². The lowest BCUT2D eigenvalue weighted by atomic mass is 9.77. The molecular formula is C17H25BrFN. The molecular weight excluding hydrogens is 317 g/mol. The number of rotatable bonds is 2. The maximum atomic E-state index is 14.2. The molecule has 1 unspecified atom stereocenters. The van der Waals surface area contributed by atoms with Crippen LogP contribution >= 0.6 is 15.9 Å². The van der Waals surface area contributed by atoms with Gasteiger partial charge in [-0.15, -0.1) is 0 Å². The summed E-state index contributed by atoms with van der Waals surface area (Å²) in [6.07, 6.45) is 3.55. The third-order valence-corrected chi connectivity index (χ3v) is 5.09. The molecule has 1 aromatic rings. The zero-order valence-corrected chi connectivity index (χ0v) is 14.3. The van der Waals surface area contributed by atoms with Crippen LogP contribution in [0.25, 0.3) is 0 Å². The van der Waals surface area contributed by atoms with Crippen LogP contribution in [0.3, 0.4) is 0 Å². The standard InChI is InChI=1S/C17H25BrFN/c1-17(2,3)14-7-5-10-20(11-9-14)16-13(12-18)6-4-8-15(16)19/h4,6,8,14H,5,7,9-12H2,1-3H3. The van der Waals surface area contributed by atoms with E-state index in [1.165, 1.54) is 6.42 Å². The first-order valence-corrected chi connectivity index (χ1v) is 8.64. The van der Waals surface area contributed by atoms with Crippen molar-refractivity contribution in [3.8, 4) is 0 Å². The minimum absolute atomic E-state index is 0.0869. The molecule has 1 nitrogen and oxygen atoms in total. The van der Waals surface area contributed by atoms with Crippen molar-refractivity contribution in [1.29, 1.82) is 0 Å². The van der Waals surface area contributed by atoms with Crippen LogP contribution in [0.5, 0.6) is 0 Å². The average Bonchev–Trinajstić information content (AvgIpc) is 2.63. The molecule has 1 atom stereocenters. The van der Waals surface area contributed by atoms with Gasteiger partial charge in [-0.3, -0.25) is 0 Å². The van der Waals surface area contributed by atoms with Crippen LogP contribution in [-0.2, 0) is 5.33 Å². The summed E-state index contributed by atoms with van der Waals surface area (Å²) >= 11 is 3.48. The smallest absolute Gasteiger partial charge is 0.146 e. The maximum Gasteiger partial charge on any atom is 0.146 e. The Morgan fingerprint density at radius 2 is 2.00 bits per heavy atom. The molecule has 0 spiro atoms. The molecule has 0 bridgehead atoms. The third kappa shape index (κ3) is 3.55. The number of benzene rings is 1. The Hall–Kier alpha value is -0.570. The monoisotopic (exact) mass is 341 g/mol. The molecule has 1 fully saturated rings. The summed E-state index contributed by atoms with van der Waals surface area (Å²) in [7, 11) is 0. The number of nitrogens with zero attached hydrogens (tertiary/aromatic N) is 1. The number of anilines is 1. The number of hydrogen-bond donors (Lipinski definition) is 0. The summed E-state index contributed by atoms with van der Waals surface area (Å²) in [5.74, 6) is 0.642. The lowest BCUT2D eigenvalue weighted by Crippen LogP contribution is -2.27. The van der Waals surface area contributed by atoms with Crippen molar-refractivity contribution in [1.82, 2.24) is 0 Å². The predicted molar refractivity (Wildman–Crippen MR) is 88.0 cm³/mol. The normalized spacial score (nSPS) is 20.9. The van der Waals surface area contributed by atoms with E-state index in [9.17, 15) is 4.39 Å². The van der Waals surface area contributed by atoms with Crippen molar-refractivity contribution in [2.24, 2.45) is 11.3 Å². The number of hydrogen-bond acceptors (Lipinski definition) is 1. The summed E-state index contributed by atoms with van der Waals surface area (Å²) in [4.78, 5) is 2.25. The second-order valence-electron chi connectivity index (χ2n) is 6.86. The highest BCUT2D eigenvalue weighted by molar-refractivity contribution is 9.08. The van der Waals surface area contributed by atoms with Gasteiger partial charge in [-0.05, 0) is 42.2 Å². The summed E-state index contributed by atoms with van der Waals surface area (Å²) in [5.41, 5.74) is 2.21. The van der Waals surface area contributed by atoms with Gasteiger partial charge in [0.2, 0.25) is 0 Å². The number of para-hydroxylation sites is 1. The van der Waals surface area contributed by atoms with E-state index in [1.807, 2.05) is 6.07 Å². The molecule has 0 aromatic heterocycles. The van der Waals surface area contributed by atoms with Crippen molar-refractivity contribution in [2.45, 2.75) is 45.4 Å². The van der Waals surface area contributed by atoms with Gasteiger partial charge in [0.05, 0.1) is 5.69 Å². The lowest BCUT2D eigenvalue weighted by molar-refractivity contribution is 0.220. The quantitative estimate of drug-likeness (QED) is 0.653. The Labute approximate surface area is 130 Å². The molecule has 1 aliphatic rings. The molecule has 0 aliphatic carbocycles. The second kappa shape index (κ2) is 6.46. The van der Waals surface area contributed by atoms with E-state index in [4.69, 9.17) is 0 Å². The Bertz CT molecular complexity index is 453. The highest BCUT2D eigenvalue weighted by Crippen LogP contribution is 2.36. The van der Waals surface area contributed by atoms with Crippen LogP contribution in [0.15, 0.2) is 18.2 Å². The topological polar surface area (TPSA) is 3.24 Å². The van der Waals surface area contributed by atoms with Crippen LogP contribution in [0, 0.1) is 17.2 Å². The van der Waals surface area contributed by atoms with Crippen LogP contribution in [0.4, 0.5) is 10.1 Å². The highest BCUT2D eigenvalue weighted by Gasteiger charge is 2.28. The molecule has 1 aromatic carbocycles. The van der Waals surface area contributed by atoms with Crippen molar-refractivity contribution in [3.05, 3.63) is 29.6 Å². The van der Waals surface area contributed by atoms with E-state index in [1.54, 1.807) is 12.1 Å². The van der Waals surface area contributed by atoms with Gasteiger partial charge in [0.25, 0.3) is 0 Å². The Morgan fingerprint density at radius 3 is 2.65 bits per heavy atom. The first-order valence-electron chi connectivity index (χ1n) is 7.52. The van der Waals surface area contributed by atoms with E-state index in [0.717, 1.165) is 43.1 Å². The summed E-state index contributed by atoms with van der Waals surface area (Å²) < 4.78 is 14.2. The van der Waals surface area contributed by atoms with Gasteiger partial charge >= 0.3 is 0 Å². The molecule has 1 aliphatic heterocycles. The fraction of sp³-hybridized carbons (Fsp3) is 0.647. The highest BCUT2D eigenvalue weighted by atomic mass is 79.9. The van der Waals surface area contributed by atoms with Gasteiger partial charge in [-0.2, -0.15) is 0 Å². The molecule has 1 saturated heterocycles. The molecule has 2 rings (SSSR count). The average molecular weight is 342 g/mol. The molecule has 3 heteroatoms. The minimum Gasteiger partial charge on any atom is -0.369 e. The molecule has 0 saturated carbocycles. The van der Waals surface area contributed by atoms with Gasteiger partial charge < -0.3 is 4.90 Å². The fourth-order valence-corrected chi connectivity index (χ4v) is 3.66. The van der Waals surface area contributed by atoms with Gasteiger partial charge in [0.1, 0.15) is 5.82 Å². The Balaban J connectivity index is 2.19. The fourth-order valence-electron chi connectivity index (χ4n) is 3.21. The first kappa shape index (κ1) is 15.8. The van der Waals surface area contributed by atoms with Crippen LogP contribution in [-0.4, -0.2) is 13.1 Å². The molecule has 20 heavy (non-hydrogen) atoms. The first-order chi connectivity index (χ1) is 9.43. The summed E-state index contributed by atoms with van der Waals surface area (Å²) in [5, 5.41) is 0.708. The van der Waals surface area contributed by atoms with E-state index < -0.39 is 0 Å². The third-order valence-electron chi connectivity index (χ3n) is 4.48. The molecule has 112 valence electrons. The minimum atomic E-state index is -0.0869. The molecule has 1 heterocycles. The zero-order chi connectivity index (χ0) is 14.8. The Morgan fingerprint density at radius 1 is 1.25 bits per heavy atom. The van der Waals surface area contributed by atoms with Crippen LogP contribution < -0.4 is 4.90 Å². The number of alkyl halides is 1. The number of halogens is 2. The molecule has 0 amide bonds. The van der Waals surface area contributed by atoms with Crippen LogP contribution in [0.2, 0.25) is 0 Å². The SMILES string of the molecule is CC(C)(C)C1CCCN(c2c(F)cccc2CBr)CC1. The summed E-state index contributed by atoms with van der Waals surface area (Å²) in [6, 6.07) is 5.39. The zero-order valence-electron chi connectivity index (χ0n) is 12.8. The van der Waals surface area contributed by atoms with Gasteiger partial charge in [-0.25, -0.2) is 4.39 Å². The lowest BCUT2D eigenvalue weighted by Gasteiger charge is -2.30. The van der Waals surface area contributed by atoms with Gasteiger partial charge in [0.15, 0.2) is 0 Å². The maximum absolute atomic E-state index is 14.2. The van der Waals surface area contributed by atoms with E-state index in [-0.39, 0.29) is 5.82 Å². The predicted octanol–water partition coefficient (Wildman–Crippen LogP) is 5.37. The van der Waals surface area contributed by atoms with Crippen molar-refractivity contribution in [3.63, 3.8) is 0 Å². The van der Waals surface area contributed by atoms with E-state index in [2.05, 4.69) is 41.6 Å². The van der Waals surface area contributed by atoms with Gasteiger partial charge in [-0.1, -0.05) is 48.8 Å².